The topological polar surface area (TPSA) is 64.4 Å². The fraction of sp³-hybridized carbons (Fsp3) is 0.200. The second-order valence-electron chi connectivity index (χ2n) is 7.43. The zero-order valence-electron chi connectivity index (χ0n) is 17.6. The molecule has 6 heteroatoms. The van der Waals surface area contributed by atoms with Gasteiger partial charge in [-0.1, -0.05) is 31.5 Å². The third kappa shape index (κ3) is 4.42. The van der Waals surface area contributed by atoms with E-state index < -0.39 is 0 Å². The van der Waals surface area contributed by atoms with Crippen LogP contribution in [0.4, 0.5) is 5.69 Å². The van der Waals surface area contributed by atoms with Crippen molar-refractivity contribution in [1.29, 1.82) is 0 Å². The number of amides is 1. The van der Waals surface area contributed by atoms with Crippen molar-refractivity contribution in [1.82, 2.24) is 4.98 Å². The van der Waals surface area contributed by atoms with Crippen molar-refractivity contribution in [3.8, 4) is 17.2 Å². The number of nitrogens with one attached hydrogen (secondary N) is 1. The first-order valence-corrected chi connectivity index (χ1v) is 10.5. The Kier molecular flexibility index (Phi) is 5.96. The maximum absolute atomic E-state index is 12.6. The van der Waals surface area contributed by atoms with Gasteiger partial charge in [0.2, 0.25) is 5.89 Å². The summed E-state index contributed by atoms with van der Waals surface area (Å²) in [6, 6.07) is 18.4. The van der Waals surface area contributed by atoms with E-state index in [-0.39, 0.29) is 5.91 Å². The molecule has 0 saturated heterocycles. The van der Waals surface area contributed by atoms with Crippen LogP contribution < -0.4 is 10.1 Å². The monoisotopic (exact) mass is 434 g/mol. The van der Waals surface area contributed by atoms with E-state index in [1.54, 1.807) is 18.2 Å². The van der Waals surface area contributed by atoms with E-state index in [4.69, 9.17) is 20.8 Å². The molecule has 31 heavy (non-hydrogen) atoms. The molecular weight excluding hydrogens is 412 g/mol. The first-order valence-electron chi connectivity index (χ1n) is 10.1. The van der Waals surface area contributed by atoms with E-state index in [2.05, 4.69) is 36.3 Å². The second-order valence-corrected chi connectivity index (χ2v) is 7.87. The Morgan fingerprint density at radius 1 is 1.13 bits per heavy atom. The molecule has 0 aliphatic heterocycles. The molecule has 1 N–H and O–H groups in total. The van der Waals surface area contributed by atoms with Gasteiger partial charge < -0.3 is 14.5 Å². The molecule has 158 valence electrons. The summed E-state index contributed by atoms with van der Waals surface area (Å²) >= 11 is 6.03. The van der Waals surface area contributed by atoms with Crippen molar-refractivity contribution in [3.63, 3.8) is 0 Å². The first kappa shape index (κ1) is 20.9. The summed E-state index contributed by atoms with van der Waals surface area (Å²) in [4.78, 5) is 17.3. The molecule has 1 atom stereocenters. The summed E-state index contributed by atoms with van der Waals surface area (Å²) < 4.78 is 11.2. The number of ether oxygens (including phenoxy) is 1. The van der Waals surface area contributed by atoms with Gasteiger partial charge in [-0.3, -0.25) is 4.79 Å². The largest absolute Gasteiger partial charge is 0.496 e. The maximum atomic E-state index is 12.6. The van der Waals surface area contributed by atoms with Crippen LogP contribution >= 0.6 is 11.6 Å². The lowest BCUT2D eigenvalue weighted by Crippen LogP contribution is -2.13. The lowest BCUT2D eigenvalue weighted by Gasteiger charge is -2.10. The van der Waals surface area contributed by atoms with Gasteiger partial charge >= 0.3 is 0 Å². The number of fused-ring (bicyclic) bond motifs is 1. The first-order chi connectivity index (χ1) is 15.0. The number of halogens is 1. The standard InChI is InChI=1S/C25H23ClN2O3/c1-4-15(2)17-7-11-23-21(13-17)28-25(31-23)16-5-9-19(10-6-16)27-24(29)20-14-18(26)8-12-22(20)30-3/h5-15H,4H2,1-3H3,(H,27,29)/t15-/m1/s1. The van der Waals surface area contributed by atoms with Gasteiger partial charge in [0.25, 0.3) is 5.91 Å². The Morgan fingerprint density at radius 3 is 2.61 bits per heavy atom. The molecule has 0 spiro atoms. The molecule has 3 aromatic carbocycles. The van der Waals surface area contributed by atoms with Crippen LogP contribution in [0.25, 0.3) is 22.6 Å². The predicted octanol–water partition coefficient (Wildman–Crippen LogP) is 6.92. The summed E-state index contributed by atoms with van der Waals surface area (Å²) in [5.74, 6) is 1.18. The lowest BCUT2D eigenvalue weighted by atomic mass is 9.98. The second kappa shape index (κ2) is 8.82. The Balaban J connectivity index is 1.54. The number of anilines is 1. The highest BCUT2D eigenvalue weighted by Gasteiger charge is 2.14. The van der Waals surface area contributed by atoms with Crippen molar-refractivity contribution in [2.45, 2.75) is 26.2 Å². The highest BCUT2D eigenvalue weighted by molar-refractivity contribution is 6.31. The Hall–Kier alpha value is -3.31. The zero-order valence-corrected chi connectivity index (χ0v) is 18.4. The van der Waals surface area contributed by atoms with E-state index in [1.165, 1.54) is 12.7 Å². The number of methoxy groups -OCH3 is 1. The summed E-state index contributed by atoms with van der Waals surface area (Å²) in [6.45, 7) is 4.38. The molecule has 1 aromatic heterocycles. The molecule has 0 unspecified atom stereocenters. The fourth-order valence-electron chi connectivity index (χ4n) is 3.36. The minimum absolute atomic E-state index is 0.300. The molecular formula is C25H23ClN2O3. The normalized spacial score (nSPS) is 12.0. The number of rotatable bonds is 6. The lowest BCUT2D eigenvalue weighted by molar-refractivity contribution is 0.102. The van der Waals surface area contributed by atoms with E-state index >= 15 is 0 Å². The van der Waals surface area contributed by atoms with Crippen LogP contribution in [-0.2, 0) is 0 Å². The van der Waals surface area contributed by atoms with E-state index in [0.717, 1.165) is 23.1 Å². The quantitative estimate of drug-likeness (QED) is 0.357. The molecule has 4 rings (SSSR count). The van der Waals surface area contributed by atoms with Crippen molar-refractivity contribution in [3.05, 3.63) is 76.8 Å². The van der Waals surface area contributed by atoms with Gasteiger partial charge in [-0.2, -0.15) is 0 Å². The maximum Gasteiger partial charge on any atom is 0.259 e. The highest BCUT2D eigenvalue weighted by atomic mass is 35.5. The van der Waals surface area contributed by atoms with Crippen LogP contribution in [0.2, 0.25) is 5.02 Å². The summed E-state index contributed by atoms with van der Waals surface area (Å²) in [7, 11) is 1.51. The smallest absolute Gasteiger partial charge is 0.259 e. The van der Waals surface area contributed by atoms with Gasteiger partial charge in [-0.25, -0.2) is 4.98 Å². The average Bonchev–Trinajstić information content (AvgIpc) is 3.22. The van der Waals surface area contributed by atoms with Gasteiger partial charge in [0.05, 0.1) is 12.7 Å². The van der Waals surface area contributed by atoms with Crippen molar-refractivity contribution in [2.75, 3.05) is 12.4 Å². The predicted molar refractivity (Wildman–Crippen MR) is 124 cm³/mol. The number of hydrogen-bond acceptors (Lipinski definition) is 4. The van der Waals surface area contributed by atoms with Crippen molar-refractivity contribution >= 4 is 34.3 Å². The number of carbonyl (C=O) groups is 1. The molecule has 0 bridgehead atoms. The number of carbonyl (C=O) groups excluding carboxylic acids is 1. The number of benzene rings is 3. The molecule has 5 nitrogen and oxygen atoms in total. The average molecular weight is 435 g/mol. The third-order valence-corrected chi connectivity index (χ3v) is 5.62. The van der Waals surface area contributed by atoms with Gasteiger partial charge in [-0.15, -0.1) is 0 Å². The van der Waals surface area contributed by atoms with E-state index in [0.29, 0.717) is 33.8 Å². The van der Waals surface area contributed by atoms with E-state index in [9.17, 15) is 4.79 Å². The van der Waals surface area contributed by atoms with Crippen LogP contribution in [0, 0.1) is 0 Å². The minimum atomic E-state index is -0.300. The molecule has 0 radical (unpaired) electrons. The summed E-state index contributed by atoms with van der Waals surface area (Å²) in [5.41, 5.74) is 4.70. The SMILES string of the molecule is CC[C@@H](C)c1ccc2oc(-c3ccc(NC(=O)c4cc(Cl)ccc4OC)cc3)nc2c1. The van der Waals surface area contributed by atoms with Gasteiger partial charge in [-0.05, 0) is 72.5 Å². The number of nitrogens with zero attached hydrogens (tertiary/aromatic N) is 1. The molecule has 0 aliphatic carbocycles. The molecule has 0 saturated carbocycles. The third-order valence-electron chi connectivity index (χ3n) is 5.39. The molecule has 1 heterocycles. The van der Waals surface area contributed by atoms with Gasteiger partial charge in [0.1, 0.15) is 11.3 Å². The Labute approximate surface area is 186 Å². The van der Waals surface area contributed by atoms with Crippen LogP contribution in [0.3, 0.4) is 0 Å². The Morgan fingerprint density at radius 2 is 1.90 bits per heavy atom. The van der Waals surface area contributed by atoms with Crippen LogP contribution in [0.15, 0.2) is 65.1 Å². The molecule has 0 aliphatic rings. The van der Waals surface area contributed by atoms with Crippen molar-refractivity contribution < 1.29 is 13.9 Å². The summed E-state index contributed by atoms with van der Waals surface area (Å²) in [5, 5.41) is 3.33. The van der Waals surface area contributed by atoms with Crippen LogP contribution in [0.1, 0.15) is 42.1 Å². The van der Waals surface area contributed by atoms with Crippen molar-refractivity contribution in [2.24, 2.45) is 0 Å². The summed E-state index contributed by atoms with van der Waals surface area (Å²) in [6.07, 6.45) is 1.07. The van der Waals surface area contributed by atoms with E-state index in [1.807, 2.05) is 30.3 Å². The fourth-order valence-corrected chi connectivity index (χ4v) is 3.53. The highest BCUT2D eigenvalue weighted by Crippen LogP contribution is 2.29. The number of oxazole rings is 1. The minimum Gasteiger partial charge on any atom is -0.496 e. The number of aromatic nitrogens is 1. The number of hydrogen-bond donors (Lipinski definition) is 1. The molecule has 0 fully saturated rings. The Bertz CT molecular complexity index is 1230. The van der Waals surface area contributed by atoms with Gasteiger partial charge in [0.15, 0.2) is 5.58 Å². The van der Waals surface area contributed by atoms with Crippen LogP contribution in [-0.4, -0.2) is 18.0 Å². The van der Waals surface area contributed by atoms with Gasteiger partial charge in [0, 0.05) is 16.3 Å². The molecule has 4 aromatic rings. The zero-order chi connectivity index (χ0) is 22.0. The van der Waals surface area contributed by atoms with Crippen LogP contribution in [0.5, 0.6) is 5.75 Å². The molecule has 1 amide bonds.